The maximum Gasteiger partial charge on any atom is 0.254 e. The minimum atomic E-state index is -0.993. The first-order valence-electron chi connectivity index (χ1n) is 11.1. The number of aromatic nitrogens is 2. The fraction of sp³-hybridized carbons (Fsp3) is 0.154. The molecule has 1 aromatic heterocycles. The van der Waals surface area contributed by atoms with Gasteiger partial charge in [-0.3, -0.25) is 14.4 Å². The van der Waals surface area contributed by atoms with Crippen molar-refractivity contribution >= 4 is 34.4 Å². The topological polar surface area (TPSA) is 116 Å². The fourth-order valence-electron chi connectivity index (χ4n) is 4.10. The maximum absolute atomic E-state index is 13.1. The number of H-pyrrole nitrogens is 1. The molecule has 1 aliphatic rings. The number of hydrogen-bond donors (Lipinski definition) is 4. The Morgan fingerprint density at radius 1 is 0.941 bits per heavy atom. The second-order valence-corrected chi connectivity index (χ2v) is 8.21. The minimum absolute atomic E-state index is 0.197. The Labute approximate surface area is 195 Å². The molecule has 0 saturated carbocycles. The number of fused-ring (bicyclic) bond motifs is 2. The third-order valence-electron chi connectivity index (χ3n) is 5.80. The van der Waals surface area contributed by atoms with Crippen LogP contribution in [0.3, 0.4) is 0 Å². The molecule has 0 bridgehead atoms. The summed E-state index contributed by atoms with van der Waals surface area (Å²) in [7, 11) is 0. The molecule has 0 radical (unpaired) electrons. The van der Waals surface area contributed by atoms with E-state index < -0.39 is 23.9 Å². The van der Waals surface area contributed by atoms with E-state index in [9.17, 15) is 14.4 Å². The van der Waals surface area contributed by atoms with Gasteiger partial charge < -0.3 is 20.9 Å². The monoisotopic (exact) mass is 453 g/mol. The van der Waals surface area contributed by atoms with Gasteiger partial charge in [0.2, 0.25) is 11.8 Å². The molecule has 0 saturated heterocycles. The first kappa shape index (κ1) is 21.4. The predicted molar refractivity (Wildman–Crippen MR) is 128 cm³/mol. The van der Waals surface area contributed by atoms with Crippen molar-refractivity contribution in [2.75, 3.05) is 5.32 Å². The molecule has 1 aliphatic heterocycles. The predicted octanol–water partition coefficient (Wildman–Crippen LogP) is 3.10. The molecule has 2 atom stereocenters. The number of carbonyl (C=O) groups is 3. The second-order valence-electron chi connectivity index (χ2n) is 8.21. The summed E-state index contributed by atoms with van der Waals surface area (Å²) < 4.78 is 0. The van der Waals surface area contributed by atoms with E-state index in [1.807, 2.05) is 54.6 Å². The lowest BCUT2D eigenvalue weighted by atomic mass is 10.0. The summed E-state index contributed by atoms with van der Waals surface area (Å²) in [6.07, 6.45) is 0.318. The summed E-state index contributed by atoms with van der Waals surface area (Å²) in [5, 5.41) is 8.40. The Balaban J connectivity index is 1.35. The van der Waals surface area contributed by atoms with Crippen molar-refractivity contribution in [3.05, 3.63) is 95.8 Å². The van der Waals surface area contributed by atoms with Crippen molar-refractivity contribution in [1.82, 2.24) is 20.6 Å². The quantitative estimate of drug-likeness (QED) is 0.359. The lowest BCUT2D eigenvalue weighted by molar-refractivity contribution is -0.126. The van der Waals surface area contributed by atoms with Gasteiger partial charge in [-0.2, -0.15) is 0 Å². The Morgan fingerprint density at radius 3 is 2.50 bits per heavy atom. The largest absolute Gasteiger partial charge is 0.346 e. The molecular formula is C26H23N5O3. The van der Waals surface area contributed by atoms with Crippen molar-refractivity contribution in [2.45, 2.75) is 24.9 Å². The minimum Gasteiger partial charge on any atom is -0.346 e. The summed E-state index contributed by atoms with van der Waals surface area (Å²) in [5.41, 5.74) is 3.50. The number of nitrogens with one attached hydrogen (secondary N) is 4. The zero-order valence-corrected chi connectivity index (χ0v) is 18.2. The molecule has 2 heterocycles. The van der Waals surface area contributed by atoms with Crippen LogP contribution in [0.4, 0.5) is 5.69 Å². The van der Waals surface area contributed by atoms with E-state index >= 15 is 0 Å². The van der Waals surface area contributed by atoms with E-state index in [0.717, 1.165) is 16.6 Å². The number of benzene rings is 3. The number of imidazole rings is 1. The summed E-state index contributed by atoms with van der Waals surface area (Å²) >= 11 is 0. The highest BCUT2D eigenvalue weighted by atomic mass is 16.2. The van der Waals surface area contributed by atoms with Gasteiger partial charge in [-0.25, -0.2) is 4.98 Å². The molecule has 5 rings (SSSR count). The molecular weight excluding hydrogens is 430 g/mol. The molecule has 3 aromatic carbocycles. The van der Waals surface area contributed by atoms with Crippen molar-refractivity contribution in [3.63, 3.8) is 0 Å². The van der Waals surface area contributed by atoms with Crippen LogP contribution in [0.15, 0.2) is 78.9 Å². The van der Waals surface area contributed by atoms with Gasteiger partial charge in [-0.05, 0) is 36.2 Å². The number of amides is 3. The van der Waals surface area contributed by atoms with Gasteiger partial charge in [0.05, 0.1) is 34.7 Å². The SMILES string of the molecule is O=C(C[C@H]1NC(=O)c2ccccc2NC1=O)N[C@H](Cc1ccccc1)c1nc2ccccc2[nH]1. The van der Waals surface area contributed by atoms with E-state index in [0.29, 0.717) is 23.5 Å². The molecule has 0 fully saturated rings. The molecule has 4 N–H and O–H groups in total. The van der Waals surface area contributed by atoms with E-state index in [1.54, 1.807) is 24.3 Å². The van der Waals surface area contributed by atoms with E-state index in [2.05, 4.69) is 25.9 Å². The maximum atomic E-state index is 13.1. The molecule has 170 valence electrons. The molecule has 8 heteroatoms. The molecule has 4 aromatic rings. The van der Waals surface area contributed by atoms with Crippen molar-refractivity contribution in [1.29, 1.82) is 0 Å². The van der Waals surface area contributed by atoms with Crippen LogP contribution in [-0.2, 0) is 16.0 Å². The molecule has 0 aliphatic carbocycles. The van der Waals surface area contributed by atoms with Crippen LogP contribution in [0, 0.1) is 0 Å². The van der Waals surface area contributed by atoms with Gasteiger partial charge in [0.25, 0.3) is 5.91 Å². The molecule has 0 unspecified atom stereocenters. The summed E-state index contributed by atoms with van der Waals surface area (Å²) in [6.45, 7) is 0. The Morgan fingerprint density at radius 2 is 1.68 bits per heavy atom. The second kappa shape index (κ2) is 9.19. The number of hydrogen-bond acceptors (Lipinski definition) is 4. The smallest absolute Gasteiger partial charge is 0.254 e. The number of para-hydroxylation sites is 3. The van der Waals surface area contributed by atoms with Gasteiger partial charge >= 0.3 is 0 Å². The first-order valence-corrected chi connectivity index (χ1v) is 11.1. The van der Waals surface area contributed by atoms with E-state index in [4.69, 9.17) is 0 Å². The zero-order valence-electron chi connectivity index (χ0n) is 18.2. The van der Waals surface area contributed by atoms with Crippen LogP contribution in [0.25, 0.3) is 11.0 Å². The van der Waals surface area contributed by atoms with Crippen molar-refractivity contribution in [2.24, 2.45) is 0 Å². The van der Waals surface area contributed by atoms with E-state index in [1.165, 1.54) is 0 Å². The zero-order chi connectivity index (χ0) is 23.5. The lowest BCUT2D eigenvalue weighted by Crippen LogP contribution is -2.45. The van der Waals surface area contributed by atoms with Gasteiger partial charge in [0.15, 0.2) is 0 Å². The van der Waals surface area contributed by atoms with Crippen LogP contribution in [-0.4, -0.2) is 33.7 Å². The standard InChI is InChI=1S/C26H23N5O3/c32-23(15-22-26(34)30-18-11-5-4-10-17(18)25(33)31-22)27-21(14-16-8-2-1-3-9-16)24-28-19-12-6-7-13-20(19)29-24/h1-13,21-22H,14-15H2,(H,27,32)(H,28,29)(H,30,34)(H,31,33)/t21-,22-/m1/s1. The lowest BCUT2D eigenvalue weighted by Gasteiger charge is -2.19. The average molecular weight is 454 g/mol. The summed E-state index contributed by atoms with van der Waals surface area (Å²) in [6, 6.07) is 22.7. The normalized spacial score (nSPS) is 16.2. The van der Waals surface area contributed by atoms with Crippen LogP contribution in [0.5, 0.6) is 0 Å². The van der Waals surface area contributed by atoms with Gasteiger partial charge in [-0.1, -0.05) is 54.6 Å². The molecule has 3 amide bonds. The first-order chi connectivity index (χ1) is 16.6. The van der Waals surface area contributed by atoms with Gasteiger partial charge in [0.1, 0.15) is 11.9 Å². The Bertz CT molecular complexity index is 1330. The molecule has 0 spiro atoms. The van der Waals surface area contributed by atoms with Crippen LogP contribution in [0.2, 0.25) is 0 Å². The number of rotatable bonds is 6. The number of nitrogens with zero attached hydrogens (tertiary/aromatic N) is 1. The number of aromatic amines is 1. The van der Waals surface area contributed by atoms with Gasteiger partial charge in [-0.15, -0.1) is 0 Å². The molecule has 34 heavy (non-hydrogen) atoms. The number of carbonyl (C=O) groups excluding carboxylic acids is 3. The third-order valence-corrected chi connectivity index (χ3v) is 5.80. The Kier molecular flexibility index (Phi) is 5.78. The highest BCUT2D eigenvalue weighted by molar-refractivity contribution is 6.10. The Hall–Kier alpha value is -4.46. The van der Waals surface area contributed by atoms with Crippen LogP contribution in [0.1, 0.15) is 34.2 Å². The highest BCUT2D eigenvalue weighted by Gasteiger charge is 2.30. The highest BCUT2D eigenvalue weighted by Crippen LogP contribution is 2.21. The average Bonchev–Trinajstić information content (AvgIpc) is 3.24. The fourth-order valence-corrected chi connectivity index (χ4v) is 4.10. The third kappa shape index (κ3) is 4.52. The summed E-state index contributed by atoms with van der Waals surface area (Å²) in [4.78, 5) is 46.3. The van der Waals surface area contributed by atoms with E-state index in [-0.39, 0.29) is 12.3 Å². The van der Waals surface area contributed by atoms with Crippen LogP contribution >= 0.6 is 0 Å². The van der Waals surface area contributed by atoms with Crippen LogP contribution < -0.4 is 16.0 Å². The van der Waals surface area contributed by atoms with Crippen molar-refractivity contribution in [3.8, 4) is 0 Å². The van der Waals surface area contributed by atoms with Crippen molar-refractivity contribution < 1.29 is 14.4 Å². The number of anilines is 1. The molecule has 8 nitrogen and oxygen atoms in total. The summed E-state index contributed by atoms with van der Waals surface area (Å²) in [5.74, 6) is -0.574. The van der Waals surface area contributed by atoms with Gasteiger partial charge in [0, 0.05) is 0 Å².